The van der Waals surface area contributed by atoms with E-state index in [2.05, 4.69) is 38.2 Å². The molecule has 2 heteroatoms. The van der Waals surface area contributed by atoms with Crippen LogP contribution in [0.15, 0.2) is 12.2 Å². The van der Waals surface area contributed by atoms with Crippen molar-refractivity contribution < 1.29 is 0 Å². The predicted molar refractivity (Wildman–Crippen MR) is 66.8 cm³/mol. The minimum absolute atomic E-state index is 0.260. The van der Waals surface area contributed by atoms with Crippen LogP contribution in [0.1, 0.15) is 40.0 Å². The first-order chi connectivity index (χ1) is 7.13. The van der Waals surface area contributed by atoms with Crippen LogP contribution in [0.2, 0.25) is 0 Å². The summed E-state index contributed by atoms with van der Waals surface area (Å²) in [4.78, 5) is 0. The minimum atomic E-state index is 0.260. The van der Waals surface area contributed by atoms with Crippen LogP contribution < -0.4 is 11.1 Å². The number of allylic oxidation sites excluding steroid dienone is 1. The van der Waals surface area contributed by atoms with E-state index in [0.29, 0.717) is 0 Å². The van der Waals surface area contributed by atoms with Crippen molar-refractivity contribution in [1.29, 1.82) is 0 Å². The molecule has 15 heavy (non-hydrogen) atoms. The zero-order chi connectivity index (χ0) is 11.3. The summed E-state index contributed by atoms with van der Waals surface area (Å²) < 4.78 is 0. The van der Waals surface area contributed by atoms with E-state index in [1.165, 1.54) is 12.8 Å². The molecular weight excluding hydrogens is 184 g/mol. The van der Waals surface area contributed by atoms with E-state index in [9.17, 15) is 0 Å². The molecule has 0 bridgehead atoms. The van der Waals surface area contributed by atoms with Gasteiger partial charge in [0.1, 0.15) is 0 Å². The van der Waals surface area contributed by atoms with Gasteiger partial charge in [-0.15, -0.1) is 0 Å². The molecule has 1 saturated carbocycles. The van der Waals surface area contributed by atoms with Gasteiger partial charge in [0.25, 0.3) is 0 Å². The van der Waals surface area contributed by atoms with Crippen LogP contribution in [-0.2, 0) is 0 Å². The summed E-state index contributed by atoms with van der Waals surface area (Å²) in [5.41, 5.74) is 6.13. The Hall–Kier alpha value is -0.340. The van der Waals surface area contributed by atoms with Crippen molar-refractivity contribution in [2.24, 2.45) is 17.6 Å². The Labute approximate surface area is 94.3 Å². The van der Waals surface area contributed by atoms with Gasteiger partial charge in [0.05, 0.1) is 0 Å². The van der Waals surface area contributed by atoms with Gasteiger partial charge < -0.3 is 11.1 Å². The van der Waals surface area contributed by atoms with Gasteiger partial charge >= 0.3 is 0 Å². The van der Waals surface area contributed by atoms with Crippen LogP contribution in [0.25, 0.3) is 0 Å². The van der Waals surface area contributed by atoms with Gasteiger partial charge in [0.2, 0.25) is 0 Å². The molecule has 0 radical (unpaired) electrons. The lowest BCUT2D eigenvalue weighted by atomic mass is 9.64. The molecule has 0 aromatic heterocycles. The van der Waals surface area contributed by atoms with Crippen LogP contribution in [-0.4, -0.2) is 18.6 Å². The zero-order valence-corrected chi connectivity index (χ0v) is 10.4. The molecule has 88 valence electrons. The topological polar surface area (TPSA) is 38.0 Å². The molecule has 0 saturated heterocycles. The largest absolute Gasteiger partial charge is 0.329 e. The molecule has 0 atom stereocenters. The average Bonchev–Trinajstić information content (AvgIpc) is 2.15. The molecule has 0 aromatic rings. The van der Waals surface area contributed by atoms with E-state index in [4.69, 9.17) is 5.73 Å². The summed E-state index contributed by atoms with van der Waals surface area (Å²) in [5, 5.41) is 3.63. The van der Waals surface area contributed by atoms with E-state index < -0.39 is 0 Å². The molecular formula is C13H26N2. The lowest BCUT2D eigenvalue weighted by Gasteiger charge is -2.49. The maximum Gasteiger partial charge on any atom is 0.0309 e. The van der Waals surface area contributed by atoms with Gasteiger partial charge in [-0.05, 0) is 44.6 Å². The van der Waals surface area contributed by atoms with Gasteiger partial charge in [0, 0.05) is 12.1 Å². The second kappa shape index (κ2) is 5.66. The standard InChI is InChI=1S/C13H26N2/c1-4-5-6-7-15-13(10-14)8-12(9-13)11(2)3/h4-5,11-12,15H,6-10,14H2,1-3H3/b5-4+. The Morgan fingerprint density at radius 1 is 1.47 bits per heavy atom. The van der Waals surface area contributed by atoms with E-state index in [1.54, 1.807) is 0 Å². The Balaban J connectivity index is 2.26. The minimum Gasteiger partial charge on any atom is -0.329 e. The lowest BCUT2D eigenvalue weighted by Crippen LogP contribution is -2.61. The highest BCUT2D eigenvalue weighted by molar-refractivity contribution is 5.02. The average molecular weight is 210 g/mol. The number of rotatable bonds is 6. The fourth-order valence-electron chi connectivity index (χ4n) is 2.39. The molecule has 0 spiro atoms. The van der Waals surface area contributed by atoms with Crippen LogP contribution in [0.4, 0.5) is 0 Å². The Morgan fingerprint density at radius 2 is 2.13 bits per heavy atom. The third kappa shape index (κ3) is 3.32. The van der Waals surface area contributed by atoms with Crippen molar-refractivity contribution in [3.8, 4) is 0 Å². The SMILES string of the molecule is C/C=C/CCNC1(CN)CC(C(C)C)C1. The second-order valence-corrected chi connectivity index (χ2v) is 5.18. The summed E-state index contributed by atoms with van der Waals surface area (Å²) in [6, 6.07) is 0. The van der Waals surface area contributed by atoms with Gasteiger partial charge in [-0.1, -0.05) is 26.0 Å². The quantitative estimate of drug-likeness (QED) is 0.521. The summed E-state index contributed by atoms with van der Waals surface area (Å²) in [6.07, 6.45) is 7.95. The van der Waals surface area contributed by atoms with Crippen LogP contribution >= 0.6 is 0 Å². The number of nitrogens with one attached hydrogen (secondary N) is 1. The van der Waals surface area contributed by atoms with Gasteiger partial charge in [-0.25, -0.2) is 0 Å². The second-order valence-electron chi connectivity index (χ2n) is 5.18. The Kier molecular flexibility index (Phi) is 4.81. The third-order valence-corrected chi connectivity index (χ3v) is 3.69. The summed E-state index contributed by atoms with van der Waals surface area (Å²) >= 11 is 0. The first kappa shape index (κ1) is 12.7. The van der Waals surface area contributed by atoms with Crippen LogP contribution in [0.5, 0.6) is 0 Å². The maximum atomic E-state index is 5.87. The first-order valence-corrected chi connectivity index (χ1v) is 6.20. The molecule has 2 nitrogen and oxygen atoms in total. The van der Waals surface area contributed by atoms with Crippen molar-refractivity contribution in [2.45, 2.75) is 45.6 Å². The molecule has 0 aromatic carbocycles. The number of hydrogen-bond donors (Lipinski definition) is 2. The van der Waals surface area contributed by atoms with E-state index in [-0.39, 0.29) is 5.54 Å². The van der Waals surface area contributed by atoms with Crippen molar-refractivity contribution in [2.75, 3.05) is 13.1 Å². The Morgan fingerprint density at radius 3 is 2.60 bits per heavy atom. The maximum absolute atomic E-state index is 5.87. The summed E-state index contributed by atoms with van der Waals surface area (Å²) in [7, 11) is 0. The molecule has 1 aliphatic rings. The molecule has 1 aliphatic carbocycles. The van der Waals surface area contributed by atoms with Crippen molar-refractivity contribution in [3.05, 3.63) is 12.2 Å². The normalized spacial score (nSPS) is 31.1. The molecule has 1 rings (SSSR count). The highest BCUT2D eigenvalue weighted by Crippen LogP contribution is 2.41. The van der Waals surface area contributed by atoms with Gasteiger partial charge in [-0.3, -0.25) is 0 Å². The fraction of sp³-hybridized carbons (Fsp3) is 0.846. The fourth-order valence-corrected chi connectivity index (χ4v) is 2.39. The molecule has 0 heterocycles. The Bertz CT molecular complexity index is 203. The van der Waals surface area contributed by atoms with E-state index >= 15 is 0 Å². The highest BCUT2D eigenvalue weighted by atomic mass is 15.0. The number of nitrogens with two attached hydrogens (primary N) is 1. The van der Waals surface area contributed by atoms with Gasteiger partial charge in [-0.2, -0.15) is 0 Å². The number of hydrogen-bond acceptors (Lipinski definition) is 2. The smallest absolute Gasteiger partial charge is 0.0309 e. The van der Waals surface area contributed by atoms with Crippen LogP contribution in [0.3, 0.4) is 0 Å². The summed E-state index contributed by atoms with van der Waals surface area (Å²) in [5.74, 6) is 1.68. The zero-order valence-electron chi connectivity index (χ0n) is 10.4. The van der Waals surface area contributed by atoms with E-state index in [1.807, 2.05) is 0 Å². The highest BCUT2D eigenvalue weighted by Gasteiger charge is 2.43. The first-order valence-electron chi connectivity index (χ1n) is 6.20. The molecule has 0 amide bonds. The van der Waals surface area contributed by atoms with Crippen molar-refractivity contribution in [3.63, 3.8) is 0 Å². The molecule has 1 fully saturated rings. The third-order valence-electron chi connectivity index (χ3n) is 3.69. The van der Waals surface area contributed by atoms with Crippen LogP contribution in [0, 0.1) is 11.8 Å². The monoisotopic (exact) mass is 210 g/mol. The molecule has 3 N–H and O–H groups in total. The van der Waals surface area contributed by atoms with E-state index in [0.717, 1.165) is 31.3 Å². The van der Waals surface area contributed by atoms with Crippen molar-refractivity contribution >= 4 is 0 Å². The molecule has 0 aliphatic heterocycles. The molecule has 0 unspecified atom stereocenters. The summed E-state index contributed by atoms with van der Waals surface area (Å²) in [6.45, 7) is 8.53. The van der Waals surface area contributed by atoms with Gasteiger partial charge in [0.15, 0.2) is 0 Å². The van der Waals surface area contributed by atoms with Crippen molar-refractivity contribution in [1.82, 2.24) is 5.32 Å². The predicted octanol–water partition coefficient (Wildman–Crippen LogP) is 2.31. The lowest BCUT2D eigenvalue weighted by molar-refractivity contribution is 0.0777.